The van der Waals surface area contributed by atoms with Crippen LogP contribution in [0.15, 0.2) is 67.0 Å². The number of aliphatic hydroxyl groups is 1. The minimum Gasteiger partial charge on any atom is -0.387 e. The van der Waals surface area contributed by atoms with E-state index in [0.717, 1.165) is 51.7 Å². The molecule has 0 aliphatic carbocycles. The van der Waals surface area contributed by atoms with Crippen LogP contribution in [-0.4, -0.2) is 77.3 Å². The van der Waals surface area contributed by atoms with Crippen molar-refractivity contribution in [3.8, 4) is 10.4 Å². The molecule has 2 N–H and O–H groups in total. The summed E-state index contributed by atoms with van der Waals surface area (Å²) in [7, 11) is 1.71. The summed E-state index contributed by atoms with van der Waals surface area (Å²) in [6, 6.07) is 21.0. The number of piperazine rings is 1. The van der Waals surface area contributed by atoms with Crippen LogP contribution in [0.5, 0.6) is 0 Å². The van der Waals surface area contributed by atoms with Gasteiger partial charge in [-0.25, -0.2) is 9.97 Å². The van der Waals surface area contributed by atoms with E-state index in [2.05, 4.69) is 62.6 Å². The van der Waals surface area contributed by atoms with Gasteiger partial charge in [0.1, 0.15) is 18.8 Å². The Morgan fingerprint density at radius 1 is 1.08 bits per heavy atom. The van der Waals surface area contributed by atoms with Crippen LogP contribution in [0.25, 0.3) is 20.7 Å². The molecule has 9 heteroatoms. The van der Waals surface area contributed by atoms with Crippen molar-refractivity contribution in [1.82, 2.24) is 19.8 Å². The van der Waals surface area contributed by atoms with Gasteiger partial charge in [0.2, 0.25) is 5.91 Å². The quantitative estimate of drug-likeness (QED) is 0.349. The van der Waals surface area contributed by atoms with E-state index < -0.39 is 6.61 Å². The molecule has 1 aliphatic heterocycles. The number of fused-ring (bicyclic) bond motifs is 1. The van der Waals surface area contributed by atoms with Gasteiger partial charge in [-0.05, 0) is 22.8 Å². The van der Waals surface area contributed by atoms with Gasteiger partial charge in [0.15, 0.2) is 0 Å². The molecule has 4 aromatic rings. The Morgan fingerprint density at radius 3 is 2.54 bits per heavy atom. The zero-order valence-electron chi connectivity index (χ0n) is 20.8. The Hall–Kier alpha value is -3.37. The first-order chi connectivity index (χ1) is 18.1. The van der Waals surface area contributed by atoms with Crippen LogP contribution in [0.3, 0.4) is 0 Å². The summed E-state index contributed by atoms with van der Waals surface area (Å²) >= 11 is 1.68. The third-order valence-corrected chi connectivity index (χ3v) is 7.84. The summed E-state index contributed by atoms with van der Waals surface area (Å²) < 4.78 is 6.49. The van der Waals surface area contributed by atoms with Crippen molar-refractivity contribution >= 4 is 33.3 Å². The molecule has 192 valence electrons. The van der Waals surface area contributed by atoms with Gasteiger partial charge >= 0.3 is 0 Å². The topological polar surface area (TPSA) is 90.8 Å². The van der Waals surface area contributed by atoms with Gasteiger partial charge in [-0.2, -0.15) is 0 Å². The van der Waals surface area contributed by atoms with Crippen LogP contribution in [0.2, 0.25) is 0 Å². The second kappa shape index (κ2) is 11.8. The van der Waals surface area contributed by atoms with E-state index >= 15 is 0 Å². The van der Waals surface area contributed by atoms with Gasteiger partial charge in [0, 0.05) is 44.7 Å². The molecule has 1 saturated heterocycles. The Balaban J connectivity index is 1.29. The number of methoxy groups -OCH3 is 1. The number of aliphatic hydroxyl groups excluding tert-OH is 1. The first kappa shape index (κ1) is 25.3. The average Bonchev–Trinajstić information content (AvgIpc) is 3.39. The number of benzene rings is 2. The van der Waals surface area contributed by atoms with Gasteiger partial charge in [-0.1, -0.05) is 54.6 Å². The van der Waals surface area contributed by atoms with E-state index in [1.54, 1.807) is 29.7 Å². The van der Waals surface area contributed by atoms with Gasteiger partial charge in [0.05, 0.1) is 22.9 Å². The molecule has 0 unspecified atom stereocenters. The van der Waals surface area contributed by atoms with Crippen LogP contribution in [0.1, 0.15) is 17.2 Å². The van der Waals surface area contributed by atoms with Gasteiger partial charge in [0.25, 0.3) is 0 Å². The smallest absolute Gasteiger partial charge is 0.248 e. The summed E-state index contributed by atoms with van der Waals surface area (Å²) in [4.78, 5) is 25.9. The number of carbonyl (C=O) groups is 1. The lowest BCUT2D eigenvalue weighted by atomic mass is 10.1. The SMILES string of the molecule is COC[C@@H](Nc1ncnc2cc(-c3ccc(CN4CCN(C(=O)CO)CC4)cc3)sc12)c1ccccc1. The molecular weight excluding hydrogens is 486 g/mol. The number of aromatic nitrogens is 2. The standard InChI is InChI=1S/C28H31N5O3S/c1-36-18-24(21-5-3-2-4-6-21)31-28-27-23(29-19-30-28)15-25(37-27)22-9-7-20(8-10-22)16-32-11-13-33(14-12-32)26(35)17-34/h2-10,15,19,24,34H,11-14,16-18H2,1H3,(H,29,30,31)/t24-/m1/s1. The van der Waals surface area contributed by atoms with Crippen LogP contribution in [0, 0.1) is 0 Å². The van der Waals surface area contributed by atoms with Crippen molar-refractivity contribution in [2.75, 3.05) is 51.8 Å². The molecule has 1 fully saturated rings. The van der Waals surface area contributed by atoms with E-state index in [4.69, 9.17) is 9.84 Å². The first-order valence-corrected chi connectivity index (χ1v) is 13.2. The summed E-state index contributed by atoms with van der Waals surface area (Å²) in [6.45, 7) is 3.90. The predicted octanol–water partition coefficient (Wildman–Crippen LogP) is 3.79. The number of rotatable bonds is 9. The van der Waals surface area contributed by atoms with Gasteiger partial charge in [-0.15, -0.1) is 11.3 Å². The summed E-state index contributed by atoms with van der Waals surface area (Å²) in [5, 5.41) is 12.6. The Morgan fingerprint density at radius 2 is 1.84 bits per heavy atom. The van der Waals surface area contributed by atoms with Crippen molar-refractivity contribution in [3.05, 3.63) is 78.1 Å². The lowest BCUT2D eigenvalue weighted by Crippen LogP contribution is -2.49. The fraction of sp³-hybridized carbons (Fsp3) is 0.321. The van der Waals surface area contributed by atoms with Crippen molar-refractivity contribution < 1.29 is 14.6 Å². The summed E-state index contributed by atoms with van der Waals surface area (Å²) in [6.07, 6.45) is 1.60. The second-order valence-corrected chi connectivity index (χ2v) is 10.2. The first-order valence-electron chi connectivity index (χ1n) is 12.4. The Kier molecular flexibility index (Phi) is 8.05. The van der Waals surface area contributed by atoms with E-state index in [0.29, 0.717) is 19.7 Å². The maximum absolute atomic E-state index is 11.7. The highest BCUT2D eigenvalue weighted by molar-refractivity contribution is 7.22. The normalized spacial score (nSPS) is 15.1. The highest BCUT2D eigenvalue weighted by Gasteiger charge is 2.20. The summed E-state index contributed by atoms with van der Waals surface area (Å²) in [5.41, 5.74) is 4.44. The van der Waals surface area contributed by atoms with Crippen LogP contribution >= 0.6 is 11.3 Å². The third-order valence-electron chi connectivity index (χ3n) is 6.66. The maximum atomic E-state index is 11.7. The van der Waals surface area contributed by atoms with E-state index in [1.807, 2.05) is 18.2 Å². The second-order valence-electron chi connectivity index (χ2n) is 9.12. The zero-order valence-corrected chi connectivity index (χ0v) is 21.7. The molecule has 0 radical (unpaired) electrons. The van der Waals surface area contributed by atoms with Crippen molar-refractivity contribution in [2.45, 2.75) is 12.6 Å². The number of hydrogen-bond donors (Lipinski definition) is 2. The molecule has 3 heterocycles. The van der Waals surface area contributed by atoms with Crippen LogP contribution in [0.4, 0.5) is 5.82 Å². The van der Waals surface area contributed by atoms with Crippen LogP contribution < -0.4 is 5.32 Å². The largest absolute Gasteiger partial charge is 0.387 e. The molecule has 8 nitrogen and oxygen atoms in total. The highest BCUT2D eigenvalue weighted by atomic mass is 32.1. The number of anilines is 1. The monoisotopic (exact) mass is 517 g/mol. The molecule has 5 rings (SSSR count). The predicted molar refractivity (Wildman–Crippen MR) is 146 cm³/mol. The number of thiophene rings is 1. The number of hydrogen-bond acceptors (Lipinski definition) is 8. The minimum absolute atomic E-state index is 0.0160. The van der Waals surface area contributed by atoms with Gasteiger partial charge < -0.3 is 20.1 Å². The minimum atomic E-state index is -0.414. The number of ether oxygens (including phenoxy) is 1. The molecule has 1 aliphatic rings. The lowest BCUT2D eigenvalue weighted by molar-refractivity contribution is -0.135. The Bertz CT molecular complexity index is 1320. The summed E-state index contributed by atoms with van der Waals surface area (Å²) in [5.74, 6) is 0.618. The molecule has 2 aromatic heterocycles. The number of carbonyl (C=O) groups excluding carboxylic acids is 1. The molecule has 37 heavy (non-hydrogen) atoms. The van der Waals surface area contributed by atoms with E-state index in [9.17, 15) is 4.79 Å². The van der Waals surface area contributed by atoms with Crippen LogP contribution in [-0.2, 0) is 16.1 Å². The molecule has 2 aromatic carbocycles. The molecule has 0 bridgehead atoms. The lowest BCUT2D eigenvalue weighted by Gasteiger charge is -2.34. The fourth-order valence-corrected chi connectivity index (χ4v) is 5.69. The number of amides is 1. The third kappa shape index (κ3) is 5.97. The molecule has 0 saturated carbocycles. The van der Waals surface area contributed by atoms with E-state index in [1.165, 1.54) is 5.56 Å². The van der Waals surface area contributed by atoms with E-state index in [-0.39, 0.29) is 11.9 Å². The van der Waals surface area contributed by atoms with Gasteiger partial charge in [-0.3, -0.25) is 9.69 Å². The van der Waals surface area contributed by atoms with Crippen molar-refractivity contribution in [1.29, 1.82) is 0 Å². The average molecular weight is 518 g/mol. The van der Waals surface area contributed by atoms with Crippen molar-refractivity contribution in [2.24, 2.45) is 0 Å². The highest BCUT2D eigenvalue weighted by Crippen LogP contribution is 2.36. The zero-order chi connectivity index (χ0) is 25.6. The number of nitrogens with one attached hydrogen (secondary N) is 1. The Labute approximate surface area is 220 Å². The molecule has 1 atom stereocenters. The molecule has 1 amide bonds. The molecule has 0 spiro atoms. The molecular formula is C28H31N5O3S. The fourth-order valence-electron chi connectivity index (χ4n) is 4.63. The number of nitrogens with zero attached hydrogens (tertiary/aromatic N) is 4. The maximum Gasteiger partial charge on any atom is 0.248 e. The van der Waals surface area contributed by atoms with Crippen molar-refractivity contribution in [3.63, 3.8) is 0 Å².